The number of nitrogens with zero attached hydrogens (tertiary/aromatic N) is 4. The van der Waals surface area contributed by atoms with Gasteiger partial charge >= 0.3 is 12.3 Å². The van der Waals surface area contributed by atoms with Gasteiger partial charge in [-0.15, -0.1) is 0 Å². The van der Waals surface area contributed by atoms with Gasteiger partial charge in [-0.25, -0.2) is 9.78 Å². The van der Waals surface area contributed by atoms with Crippen LogP contribution >= 0.6 is 11.6 Å². The summed E-state index contributed by atoms with van der Waals surface area (Å²) < 4.78 is 45.2. The van der Waals surface area contributed by atoms with Gasteiger partial charge in [-0.1, -0.05) is 11.6 Å². The molecule has 2 rings (SSSR count). The predicted molar refractivity (Wildman–Crippen MR) is 81.8 cm³/mol. The topological polar surface area (TPSA) is 80.8 Å². The fraction of sp³-hybridized carbons (Fsp3) is 0.333. The normalized spacial score (nSPS) is 11.9. The first-order valence-corrected chi connectivity index (χ1v) is 7.26. The van der Waals surface area contributed by atoms with Gasteiger partial charge < -0.3 is 4.74 Å². The number of nitriles is 1. The van der Waals surface area contributed by atoms with Crippen LogP contribution in [0.2, 0.25) is 5.15 Å². The quantitative estimate of drug-likeness (QED) is 0.698. The number of rotatable bonds is 1. The van der Waals surface area contributed by atoms with Crippen LogP contribution in [0.1, 0.15) is 31.9 Å². The molecule has 0 aliphatic heterocycles. The third kappa shape index (κ3) is 4.28. The van der Waals surface area contributed by atoms with E-state index in [0.29, 0.717) is 6.07 Å². The molecule has 2 aromatic rings. The minimum atomic E-state index is -4.78. The molecular formula is C15H12ClF3N4O2. The summed E-state index contributed by atoms with van der Waals surface area (Å²) in [5.41, 5.74) is -2.80. The van der Waals surface area contributed by atoms with Crippen molar-refractivity contribution in [3.8, 4) is 17.3 Å². The molecule has 0 radical (unpaired) electrons. The second-order valence-corrected chi connectivity index (χ2v) is 6.34. The molecule has 0 aromatic carbocycles. The molecule has 0 unspecified atom stereocenters. The molecule has 10 heteroatoms. The van der Waals surface area contributed by atoms with Crippen LogP contribution in [-0.4, -0.2) is 26.5 Å². The minimum Gasteiger partial charge on any atom is -0.442 e. The molecule has 0 amide bonds. The summed E-state index contributed by atoms with van der Waals surface area (Å²) in [6.07, 6.45) is -3.27. The average molecular weight is 373 g/mol. The highest BCUT2D eigenvalue weighted by molar-refractivity contribution is 6.30. The third-order valence-corrected chi connectivity index (χ3v) is 3.12. The van der Waals surface area contributed by atoms with Crippen LogP contribution in [0.3, 0.4) is 0 Å². The zero-order valence-electron chi connectivity index (χ0n) is 13.3. The number of hydrogen-bond acceptors (Lipinski definition) is 5. The highest BCUT2D eigenvalue weighted by Crippen LogP contribution is 2.36. The maximum Gasteiger partial charge on any atom is 0.435 e. The number of ether oxygens (including phenoxy) is 1. The summed E-state index contributed by atoms with van der Waals surface area (Å²) in [6, 6.07) is 2.07. The molecule has 0 aliphatic carbocycles. The van der Waals surface area contributed by atoms with Gasteiger partial charge in [0, 0.05) is 11.8 Å². The second kappa shape index (κ2) is 6.37. The van der Waals surface area contributed by atoms with E-state index in [0.717, 1.165) is 10.9 Å². The number of alkyl halides is 3. The highest BCUT2D eigenvalue weighted by Gasteiger charge is 2.36. The Kier molecular flexibility index (Phi) is 4.77. The SMILES string of the molecule is CC(C)(C)OC(=O)n1cc(-c2cc(C(F)(F)F)c(C#N)c(Cl)n2)cn1. The van der Waals surface area contributed by atoms with E-state index >= 15 is 0 Å². The molecule has 0 saturated heterocycles. The standard InChI is InChI=1S/C15H12ClF3N4O2/c1-14(2,3)25-13(24)23-7-8(6-21-23)11-4-10(15(17,18)19)9(5-20)12(16)22-11/h4,6-7H,1-3H3. The van der Waals surface area contributed by atoms with E-state index in [1.165, 1.54) is 12.3 Å². The van der Waals surface area contributed by atoms with Crippen LogP contribution in [0.25, 0.3) is 11.3 Å². The number of carbonyl (C=O) groups excluding carboxylic acids is 1. The summed E-state index contributed by atoms with van der Waals surface area (Å²) in [6.45, 7) is 4.98. The Morgan fingerprint density at radius 3 is 2.52 bits per heavy atom. The third-order valence-electron chi connectivity index (χ3n) is 2.85. The zero-order chi connectivity index (χ0) is 19.0. The lowest BCUT2D eigenvalue weighted by atomic mass is 10.1. The van der Waals surface area contributed by atoms with Crippen molar-refractivity contribution in [2.24, 2.45) is 0 Å². The van der Waals surface area contributed by atoms with Gasteiger partial charge in [0.05, 0.1) is 17.5 Å². The van der Waals surface area contributed by atoms with Gasteiger partial charge in [-0.3, -0.25) is 0 Å². The Hall–Kier alpha value is -2.60. The van der Waals surface area contributed by atoms with Crippen molar-refractivity contribution in [2.45, 2.75) is 32.5 Å². The van der Waals surface area contributed by atoms with Crippen LogP contribution in [0.15, 0.2) is 18.5 Å². The smallest absolute Gasteiger partial charge is 0.435 e. The van der Waals surface area contributed by atoms with Crippen LogP contribution in [0.5, 0.6) is 0 Å². The van der Waals surface area contributed by atoms with Crippen LogP contribution in [0, 0.1) is 11.3 Å². The molecule has 0 N–H and O–H groups in total. The molecule has 0 bridgehead atoms. The molecule has 0 aliphatic rings. The van der Waals surface area contributed by atoms with Crippen molar-refractivity contribution in [2.75, 3.05) is 0 Å². The number of hydrogen-bond donors (Lipinski definition) is 0. The number of carbonyl (C=O) groups is 1. The van der Waals surface area contributed by atoms with Gasteiger partial charge in [0.25, 0.3) is 0 Å². The monoisotopic (exact) mass is 372 g/mol. The largest absolute Gasteiger partial charge is 0.442 e. The molecular weight excluding hydrogens is 361 g/mol. The van der Waals surface area contributed by atoms with E-state index in [2.05, 4.69) is 10.1 Å². The van der Waals surface area contributed by atoms with Crippen molar-refractivity contribution in [1.82, 2.24) is 14.8 Å². The first-order chi connectivity index (χ1) is 11.4. The fourth-order valence-corrected chi connectivity index (χ4v) is 2.09. The minimum absolute atomic E-state index is 0.114. The molecule has 0 spiro atoms. The summed E-state index contributed by atoms with van der Waals surface area (Å²) in [7, 11) is 0. The Balaban J connectivity index is 2.46. The molecule has 0 atom stereocenters. The average Bonchev–Trinajstić information content (AvgIpc) is 2.93. The van der Waals surface area contributed by atoms with Crippen molar-refractivity contribution in [3.05, 3.63) is 34.7 Å². The Labute approximate surface area is 145 Å². The van der Waals surface area contributed by atoms with Gasteiger partial charge in [-0.2, -0.15) is 28.2 Å². The van der Waals surface area contributed by atoms with Crippen LogP contribution in [-0.2, 0) is 10.9 Å². The van der Waals surface area contributed by atoms with Gasteiger partial charge in [0.1, 0.15) is 22.4 Å². The molecule has 0 saturated carbocycles. The number of aromatic nitrogens is 3. The fourth-order valence-electron chi connectivity index (χ4n) is 1.86. The molecule has 132 valence electrons. The lowest BCUT2D eigenvalue weighted by Gasteiger charge is -2.18. The molecule has 6 nitrogen and oxygen atoms in total. The molecule has 2 aromatic heterocycles. The van der Waals surface area contributed by atoms with Crippen molar-refractivity contribution in [3.63, 3.8) is 0 Å². The molecule has 0 fully saturated rings. The van der Waals surface area contributed by atoms with Crippen LogP contribution < -0.4 is 0 Å². The van der Waals surface area contributed by atoms with E-state index in [9.17, 15) is 18.0 Å². The Bertz CT molecular complexity index is 863. The highest BCUT2D eigenvalue weighted by atomic mass is 35.5. The van der Waals surface area contributed by atoms with Crippen molar-refractivity contribution >= 4 is 17.7 Å². The predicted octanol–water partition coefficient (Wildman–Crippen LogP) is 4.27. The summed E-state index contributed by atoms with van der Waals surface area (Å²) in [4.78, 5) is 15.7. The van der Waals surface area contributed by atoms with Gasteiger partial charge in [-0.05, 0) is 26.8 Å². The maximum absolute atomic E-state index is 13.1. The van der Waals surface area contributed by atoms with E-state index in [-0.39, 0.29) is 11.3 Å². The van der Waals surface area contributed by atoms with E-state index in [4.69, 9.17) is 21.6 Å². The Morgan fingerprint density at radius 1 is 1.36 bits per heavy atom. The molecule has 25 heavy (non-hydrogen) atoms. The van der Waals surface area contributed by atoms with E-state index in [1.807, 2.05) is 0 Å². The zero-order valence-corrected chi connectivity index (χ0v) is 14.1. The van der Waals surface area contributed by atoms with E-state index in [1.54, 1.807) is 20.8 Å². The molecule has 2 heterocycles. The summed E-state index contributed by atoms with van der Waals surface area (Å²) >= 11 is 5.69. The van der Waals surface area contributed by atoms with Crippen LogP contribution in [0.4, 0.5) is 18.0 Å². The van der Waals surface area contributed by atoms with Gasteiger partial charge in [0.2, 0.25) is 0 Å². The number of halogens is 4. The van der Waals surface area contributed by atoms with Gasteiger partial charge in [0.15, 0.2) is 0 Å². The number of pyridine rings is 1. The maximum atomic E-state index is 13.1. The first-order valence-electron chi connectivity index (χ1n) is 6.88. The lowest BCUT2D eigenvalue weighted by Crippen LogP contribution is -2.27. The van der Waals surface area contributed by atoms with Crippen molar-refractivity contribution < 1.29 is 22.7 Å². The summed E-state index contributed by atoms with van der Waals surface area (Å²) in [5, 5.41) is 12.0. The lowest BCUT2D eigenvalue weighted by molar-refractivity contribution is -0.137. The summed E-state index contributed by atoms with van der Waals surface area (Å²) in [5.74, 6) is 0. The van der Waals surface area contributed by atoms with E-state index < -0.39 is 34.2 Å². The Morgan fingerprint density at radius 2 is 2.00 bits per heavy atom. The first kappa shape index (κ1) is 18.7. The van der Waals surface area contributed by atoms with Crippen molar-refractivity contribution in [1.29, 1.82) is 5.26 Å². The second-order valence-electron chi connectivity index (χ2n) is 5.98.